The van der Waals surface area contributed by atoms with Gasteiger partial charge in [-0.3, -0.25) is 0 Å². The van der Waals surface area contributed by atoms with Crippen LogP contribution in [0.4, 0.5) is 0 Å². The van der Waals surface area contributed by atoms with Crippen molar-refractivity contribution in [2.24, 2.45) is 11.8 Å². The molecule has 0 bridgehead atoms. The monoisotopic (exact) mass is 189 g/mol. The molecule has 0 N–H and O–H groups in total. The minimum absolute atomic E-state index is 0.973. The van der Waals surface area contributed by atoms with Crippen molar-refractivity contribution < 1.29 is 0 Å². The highest BCUT2D eigenvalue weighted by atomic mass is 14.5. The van der Waals surface area contributed by atoms with E-state index in [2.05, 4.69) is 6.08 Å². The second-order valence-corrected chi connectivity index (χ2v) is 5.34. The molecule has 0 aliphatic heterocycles. The van der Waals surface area contributed by atoms with Crippen LogP contribution in [0.3, 0.4) is 0 Å². The van der Waals surface area contributed by atoms with Crippen LogP contribution in [-0.4, -0.2) is 0 Å². The lowest BCUT2D eigenvalue weighted by molar-refractivity contribution is 0.387. The first-order valence-corrected chi connectivity index (χ1v) is 6.49. The molecule has 14 heavy (non-hydrogen) atoms. The summed E-state index contributed by atoms with van der Waals surface area (Å²) in [6, 6.07) is 0. The zero-order valence-electron chi connectivity index (χ0n) is 9.10. The quantitative estimate of drug-likeness (QED) is 0.569. The molecule has 0 amide bonds. The molecule has 0 saturated heterocycles. The van der Waals surface area contributed by atoms with Crippen LogP contribution < -0.4 is 0 Å². The molecule has 0 aromatic carbocycles. The first-order chi connectivity index (χ1) is 6.95. The van der Waals surface area contributed by atoms with Crippen molar-refractivity contribution in [3.8, 4) is 0 Å². The van der Waals surface area contributed by atoms with Crippen LogP contribution in [0.25, 0.3) is 0 Å². The highest BCUT2D eigenvalue weighted by molar-refractivity contribution is 5.32. The standard InChI is InChI=1S/C14H21/c1-2-6-11(7-3-1)13-10-14(13)12-8-4-5-9-12/h8,11,14H,1-7,9-10H2. The fourth-order valence-corrected chi connectivity index (χ4v) is 3.48. The Balaban J connectivity index is 1.56. The molecule has 2 fully saturated rings. The van der Waals surface area contributed by atoms with Crippen LogP contribution in [0.2, 0.25) is 0 Å². The third-order valence-electron chi connectivity index (χ3n) is 4.38. The van der Waals surface area contributed by atoms with Gasteiger partial charge in [-0.2, -0.15) is 0 Å². The Kier molecular flexibility index (Phi) is 2.39. The Morgan fingerprint density at radius 2 is 1.86 bits per heavy atom. The lowest BCUT2D eigenvalue weighted by Crippen LogP contribution is -2.08. The summed E-state index contributed by atoms with van der Waals surface area (Å²) in [4.78, 5) is 0. The molecule has 0 aromatic heterocycles. The van der Waals surface area contributed by atoms with Crippen molar-refractivity contribution in [2.75, 3.05) is 0 Å². The summed E-state index contributed by atoms with van der Waals surface area (Å²) in [5, 5.41) is 0. The maximum atomic E-state index is 2.53. The normalized spacial score (nSPS) is 34.6. The van der Waals surface area contributed by atoms with Crippen molar-refractivity contribution in [3.05, 3.63) is 17.6 Å². The Morgan fingerprint density at radius 1 is 1.00 bits per heavy atom. The Morgan fingerprint density at radius 3 is 2.57 bits per heavy atom. The highest BCUT2D eigenvalue weighted by Gasteiger charge is 2.45. The third-order valence-corrected chi connectivity index (χ3v) is 4.38. The summed E-state index contributed by atoms with van der Waals surface area (Å²) in [5.74, 6) is 3.95. The minimum Gasteiger partial charge on any atom is -0.0850 e. The van der Waals surface area contributed by atoms with E-state index in [1.54, 1.807) is 0 Å². The molecular formula is C14H21. The van der Waals surface area contributed by atoms with E-state index in [1.807, 2.05) is 11.5 Å². The van der Waals surface area contributed by atoms with Gasteiger partial charge in [0.2, 0.25) is 0 Å². The van der Waals surface area contributed by atoms with Crippen molar-refractivity contribution in [2.45, 2.75) is 57.8 Å². The summed E-state index contributed by atoms with van der Waals surface area (Å²) < 4.78 is 0. The summed E-state index contributed by atoms with van der Waals surface area (Å²) >= 11 is 0. The molecule has 1 radical (unpaired) electrons. The summed E-state index contributed by atoms with van der Waals surface area (Å²) in [6.45, 7) is 0. The van der Waals surface area contributed by atoms with Gasteiger partial charge in [-0.25, -0.2) is 0 Å². The molecule has 2 saturated carbocycles. The minimum atomic E-state index is 0.973. The second-order valence-electron chi connectivity index (χ2n) is 5.34. The fraction of sp³-hybridized carbons (Fsp3) is 0.786. The van der Waals surface area contributed by atoms with Gasteiger partial charge in [0.05, 0.1) is 0 Å². The lowest BCUT2D eigenvalue weighted by Gasteiger charge is -2.21. The van der Waals surface area contributed by atoms with Crippen LogP contribution in [-0.2, 0) is 0 Å². The SMILES string of the molecule is C1=C(C2C[C]2C2CCCCC2)CCC1. The number of rotatable bonds is 2. The topological polar surface area (TPSA) is 0 Å². The van der Waals surface area contributed by atoms with E-state index in [4.69, 9.17) is 0 Å². The molecule has 1 atom stereocenters. The maximum Gasteiger partial charge on any atom is -0.0132 e. The van der Waals surface area contributed by atoms with Crippen LogP contribution in [0.5, 0.6) is 0 Å². The predicted octanol–water partition coefficient (Wildman–Crippen LogP) is 4.27. The molecule has 0 spiro atoms. The third kappa shape index (κ3) is 1.64. The number of allylic oxidation sites excluding steroid dienone is 2. The zero-order chi connectivity index (χ0) is 9.38. The maximum absolute atomic E-state index is 2.53. The van der Waals surface area contributed by atoms with Gasteiger partial charge in [0.15, 0.2) is 0 Å². The second kappa shape index (κ2) is 3.72. The predicted molar refractivity (Wildman–Crippen MR) is 59.9 cm³/mol. The Labute approximate surface area is 87.8 Å². The molecule has 0 heterocycles. The van der Waals surface area contributed by atoms with Gasteiger partial charge in [0.25, 0.3) is 0 Å². The lowest BCUT2D eigenvalue weighted by atomic mass is 9.84. The van der Waals surface area contributed by atoms with E-state index in [-0.39, 0.29) is 0 Å². The summed E-state index contributed by atoms with van der Waals surface area (Å²) in [7, 11) is 0. The smallest absolute Gasteiger partial charge is 0.0132 e. The molecule has 77 valence electrons. The van der Waals surface area contributed by atoms with Gasteiger partial charge < -0.3 is 0 Å². The van der Waals surface area contributed by atoms with Gasteiger partial charge in [-0.1, -0.05) is 30.9 Å². The molecule has 3 aliphatic carbocycles. The first kappa shape index (κ1) is 9.00. The number of hydrogen-bond donors (Lipinski definition) is 0. The van der Waals surface area contributed by atoms with Gasteiger partial charge in [-0.15, -0.1) is 0 Å². The summed E-state index contributed by atoms with van der Waals surface area (Å²) in [5.41, 5.74) is 1.81. The molecule has 0 aromatic rings. The largest absolute Gasteiger partial charge is 0.0850 e. The molecule has 3 aliphatic rings. The van der Waals surface area contributed by atoms with Gasteiger partial charge >= 0.3 is 0 Å². The van der Waals surface area contributed by atoms with Crippen LogP contribution >= 0.6 is 0 Å². The molecule has 0 nitrogen and oxygen atoms in total. The van der Waals surface area contributed by atoms with E-state index >= 15 is 0 Å². The molecule has 1 unspecified atom stereocenters. The van der Waals surface area contributed by atoms with Crippen molar-refractivity contribution in [3.63, 3.8) is 0 Å². The number of hydrogen-bond acceptors (Lipinski definition) is 0. The highest BCUT2D eigenvalue weighted by Crippen LogP contribution is 2.56. The van der Waals surface area contributed by atoms with Gasteiger partial charge in [0, 0.05) is 0 Å². The zero-order valence-corrected chi connectivity index (χ0v) is 9.10. The van der Waals surface area contributed by atoms with Gasteiger partial charge in [0.1, 0.15) is 0 Å². The van der Waals surface area contributed by atoms with Crippen molar-refractivity contribution >= 4 is 0 Å². The van der Waals surface area contributed by atoms with E-state index in [1.165, 1.54) is 57.8 Å². The van der Waals surface area contributed by atoms with Crippen LogP contribution in [0.15, 0.2) is 11.6 Å². The molecule has 3 rings (SSSR count). The molecular weight excluding hydrogens is 168 g/mol. The van der Waals surface area contributed by atoms with Crippen molar-refractivity contribution in [1.29, 1.82) is 0 Å². The summed E-state index contributed by atoms with van der Waals surface area (Å²) in [6.07, 6.45) is 15.7. The molecule has 0 heteroatoms. The van der Waals surface area contributed by atoms with E-state index in [0.717, 1.165) is 11.8 Å². The average molecular weight is 189 g/mol. The Hall–Kier alpha value is -0.260. The Bertz CT molecular complexity index is 232. The van der Waals surface area contributed by atoms with E-state index in [9.17, 15) is 0 Å². The first-order valence-electron chi connectivity index (χ1n) is 6.49. The van der Waals surface area contributed by atoms with Crippen molar-refractivity contribution in [1.82, 2.24) is 0 Å². The van der Waals surface area contributed by atoms with E-state index in [0.29, 0.717) is 0 Å². The average Bonchev–Trinajstić information content (AvgIpc) is 2.87. The van der Waals surface area contributed by atoms with Crippen LogP contribution in [0.1, 0.15) is 57.8 Å². The van der Waals surface area contributed by atoms with Gasteiger partial charge in [-0.05, 0) is 56.3 Å². The van der Waals surface area contributed by atoms with Crippen LogP contribution in [0, 0.1) is 17.8 Å². The fourth-order valence-electron chi connectivity index (χ4n) is 3.48. The van der Waals surface area contributed by atoms with E-state index < -0.39 is 0 Å².